The summed E-state index contributed by atoms with van der Waals surface area (Å²) in [6.45, 7) is 1.78. The van der Waals surface area contributed by atoms with E-state index in [1.165, 1.54) is 0 Å². The molecule has 10 nitrogen and oxygen atoms in total. The van der Waals surface area contributed by atoms with E-state index in [0.29, 0.717) is 10.7 Å². The molecule has 3 atom stereocenters. The average Bonchev–Trinajstić information content (AvgIpc) is 2.65. The van der Waals surface area contributed by atoms with Crippen molar-refractivity contribution in [3.05, 3.63) is 0 Å². The van der Waals surface area contributed by atoms with Crippen molar-refractivity contribution in [2.75, 3.05) is 14.1 Å². The molecule has 0 aromatic carbocycles. The van der Waals surface area contributed by atoms with Crippen LogP contribution in [0.1, 0.15) is 19.8 Å². The Kier molecular flexibility index (Phi) is 4.55. The molecule has 0 aliphatic carbocycles. The summed E-state index contributed by atoms with van der Waals surface area (Å²) in [6, 6.07) is -1.61. The minimum absolute atomic E-state index is 0.211. The van der Waals surface area contributed by atoms with Gasteiger partial charge in [0.1, 0.15) is 5.54 Å². The topological polar surface area (TPSA) is 122 Å². The second-order valence-electron chi connectivity index (χ2n) is 5.59. The van der Waals surface area contributed by atoms with Crippen LogP contribution in [0.15, 0.2) is 0 Å². The third kappa shape index (κ3) is 2.75. The lowest BCUT2D eigenvalue weighted by Gasteiger charge is -2.38. The zero-order valence-electron chi connectivity index (χ0n) is 12.9. The SMILES string of the molecule is CCC(N(C)C)C1(N)CC(=O)OC2C(=O)N(OC1=O)C(=O)N2S. The Balaban J connectivity index is 2.44. The second kappa shape index (κ2) is 5.98. The summed E-state index contributed by atoms with van der Waals surface area (Å²) in [5.41, 5.74) is 4.37. The Morgan fingerprint density at radius 3 is 2.52 bits per heavy atom. The molecule has 2 fully saturated rings. The number of carbonyl (C=O) groups excluding carboxylic acids is 4. The molecule has 0 saturated carbocycles. The largest absolute Gasteiger partial charge is 0.430 e. The van der Waals surface area contributed by atoms with Gasteiger partial charge in [-0.25, -0.2) is 13.9 Å². The lowest BCUT2D eigenvalue weighted by Crippen LogP contribution is -2.64. The fourth-order valence-corrected chi connectivity index (χ4v) is 2.99. The number of nitrogens with zero attached hydrogens (tertiary/aromatic N) is 3. The number of thiol groups is 1. The molecule has 0 aromatic heterocycles. The number of hydrogen-bond acceptors (Lipinski definition) is 9. The molecule has 11 heteroatoms. The van der Waals surface area contributed by atoms with E-state index < -0.39 is 48.1 Å². The number of carbonyl (C=O) groups is 4. The van der Waals surface area contributed by atoms with E-state index in [1.54, 1.807) is 25.9 Å². The fraction of sp³-hybridized carbons (Fsp3) is 0.667. The van der Waals surface area contributed by atoms with Crippen LogP contribution < -0.4 is 5.73 Å². The molecule has 23 heavy (non-hydrogen) atoms. The Morgan fingerprint density at radius 1 is 1.39 bits per heavy atom. The van der Waals surface area contributed by atoms with Crippen molar-refractivity contribution in [1.82, 2.24) is 14.3 Å². The van der Waals surface area contributed by atoms with E-state index in [0.717, 1.165) is 0 Å². The Bertz CT molecular complexity index is 570. The first kappa shape index (κ1) is 17.5. The minimum atomic E-state index is -1.78. The number of ether oxygens (including phenoxy) is 1. The second-order valence-corrected chi connectivity index (χ2v) is 6.02. The highest BCUT2D eigenvalue weighted by molar-refractivity contribution is 7.78. The van der Waals surface area contributed by atoms with Gasteiger partial charge in [0.2, 0.25) is 0 Å². The van der Waals surface area contributed by atoms with Crippen LogP contribution in [0, 0.1) is 0 Å². The highest BCUT2D eigenvalue weighted by Crippen LogP contribution is 2.29. The molecule has 3 unspecified atom stereocenters. The van der Waals surface area contributed by atoms with E-state index in [-0.39, 0.29) is 5.06 Å². The first-order valence-electron chi connectivity index (χ1n) is 6.86. The molecule has 0 spiro atoms. The van der Waals surface area contributed by atoms with E-state index in [4.69, 9.17) is 15.3 Å². The lowest BCUT2D eigenvalue weighted by molar-refractivity contribution is -0.190. The maximum absolute atomic E-state index is 12.5. The smallest absolute Gasteiger partial charge is 0.374 e. The molecule has 2 heterocycles. The number of urea groups is 1. The lowest BCUT2D eigenvalue weighted by atomic mass is 9.85. The van der Waals surface area contributed by atoms with Gasteiger partial charge in [-0.2, -0.15) is 0 Å². The number of amides is 3. The zero-order valence-corrected chi connectivity index (χ0v) is 13.8. The molecule has 2 aliphatic heterocycles. The highest BCUT2D eigenvalue weighted by Gasteiger charge is 2.55. The Labute approximate surface area is 137 Å². The summed E-state index contributed by atoms with van der Waals surface area (Å²) in [5, 5.41) is 0.211. The quantitative estimate of drug-likeness (QED) is 0.374. The van der Waals surface area contributed by atoms with Crippen LogP contribution in [0.5, 0.6) is 0 Å². The van der Waals surface area contributed by atoms with Crippen molar-refractivity contribution in [2.24, 2.45) is 5.73 Å². The standard InChI is InChI=1S/C12H18N4O6S/c1-4-6(14(2)3)12(13)5-7(17)21-9-8(18)15(22-10(12)19)11(20)16(9)23/h6,9,23H,4-5,13H2,1-3H3. The zero-order chi connectivity index (χ0) is 17.5. The normalized spacial score (nSPS) is 29.9. The summed E-state index contributed by atoms with van der Waals surface area (Å²) in [6.07, 6.45) is -1.67. The summed E-state index contributed by atoms with van der Waals surface area (Å²) in [7, 11) is 3.37. The molecular formula is C12H18N4O6S. The van der Waals surface area contributed by atoms with Crippen LogP contribution in [0.4, 0.5) is 4.79 Å². The number of fused-ring (bicyclic) bond motifs is 2. The van der Waals surface area contributed by atoms with E-state index >= 15 is 0 Å². The predicted molar refractivity (Wildman–Crippen MR) is 78.3 cm³/mol. The first-order chi connectivity index (χ1) is 10.6. The average molecular weight is 346 g/mol. The van der Waals surface area contributed by atoms with Crippen LogP contribution in [-0.4, -0.2) is 70.0 Å². The molecule has 0 aromatic rings. The molecule has 2 saturated heterocycles. The van der Waals surface area contributed by atoms with Crippen LogP contribution in [0.3, 0.4) is 0 Å². The van der Waals surface area contributed by atoms with Crippen molar-refractivity contribution >= 4 is 36.7 Å². The number of nitrogens with two attached hydrogens (primary N) is 1. The number of hydroxylamine groups is 2. The third-order valence-corrected chi connectivity index (χ3v) is 4.22. The molecule has 2 bridgehead atoms. The van der Waals surface area contributed by atoms with Crippen LogP contribution in [0.25, 0.3) is 0 Å². The van der Waals surface area contributed by atoms with Gasteiger partial charge in [-0.15, -0.1) is 0 Å². The van der Waals surface area contributed by atoms with Gasteiger partial charge in [-0.05, 0) is 20.5 Å². The van der Waals surface area contributed by atoms with Crippen molar-refractivity contribution in [3.63, 3.8) is 0 Å². The third-order valence-electron chi connectivity index (χ3n) is 3.84. The van der Waals surface area contributed by atoms with Crippen LogP contribution >= 0.6 is 12.8 Å². The van der Waals surface area contributed by atoms with Crippen molar-refractivity contribution in [1.29, 1.82) is 0 Å². The van der Waals surface area contributed by atoms with Gasteiger partial charge in [0.25, 0.3) is 6.23 Å². The Morgan fingerprint density at radius 2 is 2.00 bits per heavy atom. The van der Waals surface area contributed by atoms with Crippen LogP contribution in [0.2, 0.25) is 0 Å². The number of esters is 1. The van der Waals surface area contributed by atoms with E-state index in [2.05, 4.69) is 12.8 Å². The maximum atomic E-state index is 12.5. The molecule has 128 valence electrons. The van der Waals surface area contributed by atoms with Crippen molar-refractivity contribution < 1.29 is 28.8 Å². The van der Waals surface area contributed by atoms with Crippen molar-refractivity contribution in [3.8, 4) is 0 Å². The van der Waals surface area contributed by atoms with Crippen molar-refractivity contribution in [2.45, 2.75) is 37.6 Å². The number of hydrogen-bond donors (Lipinski definition) is 2. The summed E-state index contributed by atoms with van der Waals surface area (Å²) in [4.78, 5) is 55.1. The van der Waals surface area contributed by atoms with E-state index in [1.807, 2.05) is 0 Å². The highest BCUT2D eigenvalue weighted by atomic mass is 32.1. The summed E-state index contributed by atoms with van der Waals surface area (Å²) >= 11 is 3.77. The number of imide groups is 1. The first-order valence-corrected chi connectivity index (χ1v) is 7.26. The van der Waals surface area contributed by atoms with Gasteiger partial charge in [0, 0.05) is 6.04 Å². The molecule has 3 amide bonds. The molecular weight excluding hydrogens is 328 g/mol. The summed E-state index contributed by atoms with van der Waals surface area (Å²) in [5.74, 6) is -2.99. The van der Waals surface area contributed by atoms with E-state index in [9.17, 15) is 19.2 Å². The van der Waals surface area contributed by atoms with Gasteiger partial charge < -0.3 is 20.2 Å². The predicted octanol–water partition coefficient (Wildman–Crippen LogP) is -1.14. The molecule has 2 rings (SSSR count). The summed E-state index contributed by atoms with van der Waals surface area (Å²) < 4.78 is 5.51. The fourth-order valence-electron chi connectivity index (χ4n) is 2.77. The minimum Gasteiger partial charge on any atom is -0.430 e. The van der Waals surface area contributed by atoms with Crippen LogP contribution in [-0.2, 0) is 24.0 Å². The van der Waals surface area contributed by atoms with Gasteiger partial charge in [-0.1, -0.05) is 24.8 Å². The van der Waals surface area contributed by atoms with Gasteiger partial charge in [0.05, 0.1) is 6.42 Å². The monoisotopic (exact) mass is 346 g/mol. The Hall–Kier alpha value is -1.85. The van der Waals surface area contributed by atoms with Gasteiger partial charge in [-0.3, -0.25) is 9.59 Å². The molecule has 2 N–H and O–H groups in total. The van der Waals surface area contributed by atoms with Gasteiger partial charge >= 0.3 is 23.9 Å². The molecule has 0 radical (unpaired) electrons. The van der Waals surface area contributed by atoms with Gasteiger partial charge in [0.15, 0.2) is 0 Å². The number of rotatable bonds is 3. The molecule has 2 aliphatic rings. The number of likely N-dealkylation sites (N-methyl/N-ethyl adjacent to an activating group) is 1. The maximum Gasteiger partial charge on any atom is 0.374 e.